The lowest BCUT2D eigenvalue weighted by Crippen LogP contribution is -1.83. The van der Waals surface area contributed by atoms with Crippen LogP contribution in [0, 0.1) is 0 Å². The molecule has 0 aliphatic heterocycles. The summed E-state index contributed by atoms with van der Waals surface area (Å²) in [6.45, 7) is 2.22. The van der Waals surface area contributed by atoms with E-state index >= 15 is 0 Å². The maximum Gasteiger partial charge on any atom is 0.0431 e. The summed E-state index contributed by atoms with van der Waals surface area (Å²) in [7, 11) is 0. The molecular weight excluding hydrogens is 124 g/mol. The second-order valence-electron chi connectivity index (χ2n) is 2.67. The quantitative estimate of drug-likeness (QED) is 0.546. The van der Waals surface area contributed by atoms with Crippen LogP contribution in [0.1, 0.15) is 53.2 Å². The second kappa shape index (κ2) is 8.96. The summed E-state index contributed by atoms with van der Waals surface area (Å²) < 4.78 is 7.25. The van der Waals surface area contributed by atoms with Gasteiger partial charge in [0, 0.05) is 7.98 Å². The Morgan fingerprint density at radius 3 is 2.30 bits per heavy atom. The first-order chi connectivity index (χ1) is 5.31. The molecule has 0 heterocycles. The minimum absolute atomic E-state index is 0.0216. The van der Waals surface area contributed by atoms with Gasteiger partial charge in [-0.15, -0.1) is 0 Å². The minimum atomic E-state index is -0.239. The molecule has 1 unspecified atom stereocenters. The molecule has 0 spiro atoms. The molecule has 0 aliphatic carbocycles. The van der Waals surface area contributed by atoms with E-state index in [1.54, 1.807) is 0 Å². The second-order valence-corrected chi connectivity index (χ2v) is 2.67. The van der Waals surface area contributed by atoms with Crippen LogP contribution in [0.5, 0.6) is 0 Å². The third kappa shape index (κ3) is 7.96. The third-order valence-corrected chi connectivity index (χ3v) is 1.64. The lowest BCUT2D eigenvalue weighted by molar-refractivity contribution is 0.282. The normalized spacial score (nSPS) is 14.8. The Morgan fingerprint density at radius 2 is 1.70 bits per heavy atom. The highest BCUT2D eigenvalue weighted by Crippen LogP contribution is 2.05. The lowest BCUT2D eigenvalue weighted by Gasteiger charge is -1.97. The predicted molar refractivity (Wildman–Crippen MR) is 45.1 cm³/mol. The van der Waals surface area contributed by atoms with Crippen LogP contribution < -0.4 is 0 Å². The minimum Gasteiger partial charge on any atom is -0.396 e. The Balaban J connectivity index is 2.89. The van der Waals surface area contributed by atoms with Gasteiger partial charge in [0.2, 0.25) is 0 Å². The van der Waals surface area contributed by atoms with Crippen LogP contribution in [0.15, 0.2) is 0 Å². The van der Waals surface area contributed by atoms with Gasteiger partial charge < -0.3 is 5.11 Å². The van der Waals surface area contributed by atoms with E-state index in [9.17, 15) is 0 Å². The molecule has 0 aromatic rings. The molecule has 0 rings (SSSR count). The van der Waals surface area contributed by atoms with E-state index in [1.807, 2.05) is 0 Å². The highest BCUT2D eigenvalue weighted by molar-refractivity contribution is 4.43. The maximum absolute atomic E-state index is 8.55. The fraction of sp³-hybridized carbons (Fsp3) is 1.00. The van der Waals surface area contributed by atoms with Gasteiger partial charge in [-0.05, 0) is 6.40 Å². The van der Waals surface area contributed by atoms with E-state index < -0.39 is 0 Å². The van der Waals surface area contributed by atoms with Gasteiger partial charge in [-0.1, -0.05) is 45.4 Å². The molecule has 0 bridgehead atoms. The van der Waals surface area contributed by atoms with Crippen LogP contribution >= 0.6 is 0 Å². The largest absolute Gasteiger partial charge is 0.396 e. The fourth-order valence-electron chi connectivity index (χ4n) is 0.984. The van der Waals surface area contributed by atoms with Crippen molar-refractivity contribution in [2.45, 2.75) is 51.8 Å². The molecule has 62 valence electrons. The van der Waals surface area contributed by atoms with Gasteiger partial charge in [-0.2, -0.15) is 0 Å². The molecule has 0 aliphatic rings. The van der Waals surface area contributed by atoms with Crippen molar-refractivity contribution < 1.29 is 6.48 Å². The zero-order valence-corrected chi connectivity index (χ0v) is 6.97. The lowest BCUT2D eigenvalue weighted by atomic mass is 10.1. The summed E-state index contributed by atoms with van der Waals surface area (Å²) in [5.41, 5.74) is 0. The van der Waals surface area contributed by atoms with Crippen molar-refractivity contribution in [2.24, 2.45) is 0 Å². The van der Waals surface area contributed by atoms with Crippen LogP contribution in [0.4, 0.5) is 0 Å². The Hall–Kier alpha value is -0.0400. The van der Waals surface area contributed by atoms with Crippen molar-refractivity contribution >= 4 is 0 Å². The molecule has 0 aromatic heterocycles. The number of rotatable bonds is 7. The van der Waals surface area contributed by atoms with Crippen molar-refractivity contribution in [1.29, 1.82) is 0 Å². The number of aliphatic hydroxyl groups is 1. The van der Waals surface area contributed by atoms with Crippen molar-refractivity contribution in [3.63, 3.8) is 0 Å². The van der Waals surface area contributed by atoms with Crippen molar-refractivity contribution in [2.75, 3.05) is 6.61 Å². The van der Waals surface area contributed by atoms with Crippen LogP contribution in [0.3, 0.4) is 0 Å². The van der Waals surface area contributed by atoms with Crippen LogP contribution in [-0.2, 0) is 0 Å². The molecule has 1 atom stereocenters. The number of aliphatic hydroxyl groups excluding tert-OH is 1. The molecule has 10 heavy (non-hydrogen) atoms. The summed E-state index contributed by atoms with van der Waals surface area (Å²) in [5.74, 6) is 0. The zero-order chi connectivity index (χ0) is 8.53. The van der Waals surface area contributed by atoms with Gasteiger partial charge in [0.1, 0.15) is 0 Å². The predicted octanol–water partition coefficient (Wildman–Crippen LogP) is 2.73. The number of hydrogen-bond acceptors (Lipinski definition) is 1. The van der Waals surface area contributed by atoms with Gasteiger partial charge in [-0.3, -0.25) is 0 Å². The van der Waals surface area contributed by atoms with E-state index in [0.717, 1.165) is 12.8 Å². The molecule has 0 saturated heterocycles. The molecule has 1 nitrogen and oxygen atoms in total. The third-order valence-electron chi connectivity index (χ3n) is 1.64. The summed E-state index contributed by atoms with van der Waals surface area (Å²) in [5, 5.41) is 8.55. The van der Waals surface area contributed by atoms with Crippen molar-refractivity contribution in [1.82, 2.24) is 0 Å². The fourth-order valence-corrected chi connectivity index (χ4v) is 0.984. The van der Waals surface area contributed by atoms with Crippen LogP contribution in [0.2, 0.25) is 0 Å². The SMILES string of the molecule is [2H]C(CO)CCCCCCC. The van der Waals surface area contributed by atoms with E-state index in [1.165, 1.54) is 25.7 Å². The van der Waals surface area contributed by atoms with Crippen molar-refractivity contribution in [3.05, 3.63) is 0 Å². The summed E-state index contributed by atoms with van der Waals surface area (Å²) >= 11 is 0. The first-order valence-electron chi connectivity index (χ1n) is 4.92. The van der Waals surface area contributed by atoms with E-state index in [2.05, 4.69) is 6.92 Å². The average molecular weight is 145 g/mol. The maximum atomic E-state index is 8.55. The van der Waals surface area contributed by atoms with Gasteiger partial charge in [0.25, 0.3) is 0 Å². The topological polar surface area (TPSA) is 20.2 Å². The smallest absolute Gasteiger partial charge is 0.0431 e. The van der Waals surface area contributed by atoms with E-state index in [0.29, 0.717) is 0 Å². The Labute approximate surface area is 65.9 Å². The Morgan fingerprint density at radius 1 is 1.10 bits per heavy atom. The number of unbranched alkanes of at least 4 members (excludes halogenated alkanes) is 4. The number of hydrogen-bond donors (Lipinski definition) is 1. The zero-order valence-electron chi connectivity index (χ0n) is 7.97. The van der Waals surface area contributed by atoms with Gasteiger partial charge in [0.05, 0.1) is 0 Å². The van der Waals surface area contributed by atoms with E-state index in [-0.39, 0.29) is 13.0 Å². The molecular formula is C9H20O. The van der Waals surface area contributed by atoms with Gasteiger partial charge >= 0.3 is 0 Å². The molecule has 0 radical (unpaired) electrons. The Bertz CT molecular complexity index is 76.0. The summed E-state index contributed by atoms with van der Waals surface area (Å²) in [6, 6.07) is 0. The highest BCUT2D eigenvalue weighted by Gasteiger charge is 1.88. The first kappa shape index (κ1) is 8.06. The van der Waals surface area contributed by atoms with Gasteiger partial charge in [-0.25, -0.2) is 0 Å². The average Bonchev–Trinajstić information content (AvgIpc) is 2.04. The Kier molecular flexibility index (Phi) is 7.22. The van der Waals surface area contributed by atoms with Crippen molar-refractivity contribution in [3.8, 4) is 0 Å². The van der Waals surface area contributed by atoms with Crippen LogP contribution in [0.25, 0.3) is 0 Å². The molecule has 0 amide bonds. The highest BCUT2D eigenvalue weighted by atomic mass is 16.2. The first-order valence-corrected chi connectivity index (χ1v) is 4.34. The standard InChI is InChI=1S/C9H20O/c1-2-3-4-5-6-7-8-9-10/h10H,2-9H2,1H3/i8D. The molecule has 0 aromatic carbocycles. The summed E-state index contributed by atoms with van der Waals surface area (Å²) in [4.78, 5) is 0. The van der Waals surface area contributed by atoms with E-state index in [4.69, 9.17) is 6.48 Å². The molecule has 0 saturated carbocycles. The van der Waals surface area contributed by atoms with Crippen LogP contribution in [-0.4, -0.2) is 11.7 Å². The summed E-state index contributed by atoms with van der Waals surface area (Å²) in [6.07, 6.45) is 6.82. The molecule has 0 fully saturated rings. The molecule has 1 N–H and O–H groups in total. The monoisotopic (exact) mass is 145 g/mol. The van der Waals surface area contributed by atoms with Gasteiger partial charge in [0.15, 0.2) is 0 Å². The molecule has 1 heteroatoms.